The number of ether oxygens (including phenoxy) is 1. The van der Waals surface area contributed by atoms with E-state index in [1.165, 1.54) is 12.1 Å². The molecule has 1 aliphatic heterocycles. The Kier molecular flexibility index (Phi) is 7.44. The fourth-order valence-electron chi connectivity index (χ4n) is 3.87. The SMILES string of the molecule is CC1CC(NC(=O)OCCc2cc(C(F)(F)F)cc(C(F)(F)F)c2)c2ccc(Cl)cc2N1C(=O)O. The van der Waals surface area contributed by atoms with E-state index in [0.29, 0.717) is 17.7 Å². The van der Waals surface area contributed by atoms with Crippen LogP contribution in [0.2, 0.25) is 5.02 Å². The van der Waals surface area contributed by atoms with Crippen molar-refractivity contribution in [2.75, 3.05) is 11.5 Å². The van der Waals surface area contributed by atoms with E-state index in [1.807, 2.05) is 0 Å². The molecule has 2 aromatic carbocycles. The fraction of sp³-hybridized carbons (Fsp3) is 0.364. The van der Waals surface area contributed by atoms with E-state index in [2.05, 4.69) is 5.32 Å². The van der Waals surface area contributed by atoms with E-state index < -0.39 is 54.4 Å². The number of hydrogen-bond acceptors (Lipinski definition) is 3. The van der Waals surface area contributed by atoms with Gasteiger partial charge in [-0.1, -0.05) is 17.7 Å². The van der Waals surface area contributed by atoms with Gasteiger partial charge in [0, 0.05) is 17.5 Å². The highest BCUT2D eigenvalue weighted by Crippen LogP contribution is 2.39. The second-order valence-corrected chi connectivity index (χ2v) is 8.37. The molecule has 0 saturated carbocycles. The largest absolute Gasteiger partial charge is 0.465 e. The minimum Gasteiger partial charge on any atom is -0.465 e. The van der Waals surface area contributed by atoms with E-state index in [-0.39, 0.29) is 35.2 Å². The highest BCUT2D eigenvalue weighted by Gasteiger charge is 2.37. The summed E-state index contributed by atoms with van der Waals surface area (Å²) in [6, 6.07) is 4.46. The molecule has 6 nitrogen and oxygen atoms in total. The summed E-state index contributed by atoms with van der Waals surface area (Å²) in [7, 11) is 0. The molecule has 2 atom stereocenters. The monoisotopic (exact) mass is 524 g/mol. The van der Waals surface area contributed by atoms with Crippen molar-refractivity contribution >= 4 is 29.5 Å². The Bertz CT molecular complexity index is 1090. The number of nitrogens with zero attached hydrogens (tertiary/aromatic N) is 1. The molecule has 0 aromatic heterocycles. The van der Waals surface area contributed by atoms with Crippen LogP contribution >= 0.6 is 11.6 Å². The van der Waals surface area contributed by atoms with Crippen LogP contribution in [0.25, 0.3) is 0 Å². The summed E-state index contributed by atoms with van der Waals surface area (Å²) < 4.78 is 82.9. The van der Waals surface area contributed by atoms with Crippen molar-refractivity contribution in [2.24, 2.45) is 0 Å². The third-order valence-electron chi connectivity index (χ3n) is 5.41. The number of nitrogens with one attached hydrogen (secondary N) is 1. The Morgan fingerprint density at radius 2 is 1.69 bits per heavy atom. The molecule has 190 valence electrons. The minimum absolute atomic E-state index is 0.0193. The lowest BCUT2D eigenvalue weighted by molar-refractivity contribution is -0.143. The lowest BCUT2D eigenvalue weighted by Gasteiger charge is -2.37. The van der Waals surface area contributed by atoms with E-state index >= 15 is 0 Å². The smallest absolute Gasteiger partial charge is 0.416 e. The van der Waals surface area contributed by atoms with Gasteiger partial charge in [-0.3, -0.25) is 4.90 Å². The number of alkyl halides is 6. The van der Waals surface area contributed by atoms with Crippen molar-refractivity contribution in [3.63, 3.8) is 0 Å². The number of alkyl carbamates (subject to hydrolysis) is 1. The molecule has 2 N–H and O–H groups in total. The van der Waals surface area contributed by atoms with Crippen LogP contribution in [0, 0.1) is 0 Å². The molecule has 2 amide bonds. The molecule has 0 bridgehead atoms. The quantitative estimate of drug-likeness (QED) is 0.438. The maximum atomic E-state index is 13.0. The first-order valence-electron chi connectivity index (χ1n) is 10.2. The first kappa shape index (κ1) is 26.5. The lowest BCUT2D eigenvalue weighted by atomic mass is 9.92. The van der Waals surface area contributed by atoms with Crippen molar-refractivity contribution in [1.29, 1.82) is 0 Å². The molecule has 2 unspecified atom stereocenters. The van der Waals surface area contributed by atoms with Gasteiger partial charge in [-0.25, -0.2) is 9.59 Å². The van der Waals surface area contributed by atoms with Crippen molar-refractivity contribution in [3.8, 4) is 0 Å². The molecule has 0 aliphatic carbocycles. The molecule has 1 aliphatic rings. The number of rotatable bonds is 4. The lowest BCUT2D eigenvalue weighted by Crippen LogP contribution is -2.45. The standard InChI is InChI=1S/C22H19ClF6N2O4/c1-11-6-17(16-3-2-15(23)10-18(16)31(11)20(33)34)30-19(32)35-5-4-12-7-13(21(24,25)26)9-14(8-12)22(27,28)29/h2-3,7-11,17H,4-6H2,1H3,(H,30,32)(H,33,34). The number of fused-ring (bicyclic) bond motifs is 1. The second-order valence-electron chi connectivity index (χ2n) is 7.94. The molecule has 35 heavy (non-hydrogen) atoms. The predicted octanol–water partition coefficient (Wildman–Crippen LogP) is 6.66. The van der Waals surface area contributed by atoms with Crippen LogP contribution in [0.3, 0.4) is 0 Å². The first-order chi connectivity index (χ1) is 16.2. The van der Waals surface area contributed by atoms with Gasteiger partial charge in [0.05, 0.1) is 29.5 Å². The number of halogens is 7. The Balaban J connectivity index is 1.69. The van der Waals surface area contributed by atoms with Crippen molar-refractivity contribution < 1.29 is 45.8 Å². The Morgan fingerprint density at radius 1 is 1.09 bits per heavy atom. The van der Waals surface area contributed by atoms with Gasteiger partial charge in [0.25, 0.3) is 0 Å². The molecule has 0 fully saturated rings. The number of carbonyl (C=O) groups is 2. The van der Waals surface area contributed by atoms with Gasteiger partial charge in [-0.2, -0.15) is 26.3 Å². The van der Waals surface area contributed by atoms with Gasteiger partial charge in [-0.05, 0) is 54.8 Å². The van der Waals surface area contributed by atoms with Gasteiger partial charge >= 0.3 is 24.5 Å². The third-order valence-corrected chi connectivity index (χ3v) is 5.65. The number of carboxylic acid groups (broad SMARTS) is 1. The summed E-state index contributed by atoms with van der Waals surface area (Å²) in [4.78, 5) is 25.1. The van der Waals surface area contributed by atoms with Gasteiger partial charge in [0.15, 0.2) is 0 Å². The van der Waals surface area contributed by atoms with E-state index in [1.54, 1.807) is 13.0 Å². The average Bonchev–Trinajstić information content (AvgIpc) is 2.71. The van der Waals surface area contributed by atoms with Crippen molar-refractivity contribution in [2.45, 2.75) is 44.2 Å². The average molecular weight is 525 g/mol. The second kappa shape index (κ2) is 9.84. The normalized spacial score (nSPS) is 18.1. The van der Waals surface area contributed by atoms with Crippen LogP contribution in [0.5, 0.6) is 0 Å². The summed E-state index contributed by atoms with van der Waals surface area (Å²) in [6.45, 7) is 1.14. The molecular weight excluding hydrogens is 506 g/mol. The van der Waals surface area contributed by atoms with Crippen LogP contribution in [0.1, 0.15) is 41.6 Å². The molecule has 0 saturated heterocycles. The van der Waals surface area contributed by atoms with Crippen molar-refractivity contribution in [1.82, 2.24) is 5.32 Å². The number of carbonyl (C=O) groups excluding carboxylic acids is 1. The first-order valence-corrected chi connectivity index (χ1v) is 10.6. The molecule has 2 aromatic rings. The fourth-order valence-corrected chi connectivity index (χ4v) is 4.03. The van der Waals surface area contributed by atoms with Gasteiger partial charge in [-0.15, -0.1) is 0 Å². The molecule has 3 rings (SSSR count). The minimum atomic E-state index is -4.98. The van der Waals surface area contributed by atoms with E-state index in [9.17, 15) is 41.0 Å². The van der Waals surface area contributed by atoms with E-state index in [4.69, 9.17) is 16.3 Å². The maximum Gasteiger partial charge on any atom is 0.416 e. The van der Waals surface area contributed by atoms with Crippen LogP contribution in [-0.2, 0) is 23.5 Å². The summed E-state index contributed by atoms with van der Waals surface area (Å²) in [6.07, 6.45) is -12.3. The summed E-state index contributed by atoms with van der Waals surface area (Å²) in [5.74, 6) is 0. The maximum absolute atomic E-state index is 13.0. The van der Waals surface area contributed by atoms with Gasteiger partial charge < -0.3 is 15.2 Å². The van der Waals surface area contributed by atoms with E-state index in [0.717, 1.165) is 4.90 Å². The molecule has 0 radical (unpaired) electrons. The Morgan fingerprint density at radius 3 is 2.23 bits per heavy atom. The number of benzene rings is 2. The molecular formula is C22H19ClF6N2O4. The summed E-state index contributed by atoms with van der Waals surface area (Å²) in [5, 5.41) is 12.3. The zero-order valence-corrected chi connectivity index (χ0v) is 18.8. The summed E-state index contributed by atoms with van der Waals surface area (Å²) >= 11 is 5.98. The van der Waals surface area contributed by atoms with Crippen LogP contribution in [-0.4, -0.2) is 29.9 Å². The molecule has 13 heteroatoms. The predicted molar refractivity (Wildman–Crippen MR) is 113 cm³/mol. The highest BCUT2D eigenvalue weighted by molar-refractivity contribution is 6.31. The van der Waals surface area contributed by atoms with Crippen LogP contribution in [0.4, 0.5) is 41.6 Å². The van der Waals surface area contributed by atoms with Gasteiger partial charge in [0.2, 0.25) is 0 Å². The van der Waals surface area contributed by atoms with Gasteiger partial charge in [0.1, 0.15) is 0 Å². The summed E-state index contributed by atoms with van der Waals surface area (Å²) in [5.41, 5.74) is -2.48. The zero-order chi connectivity index (χ0) is 26.1. The van der Waals surface area contributed by atoms with Crippen LogP contribution in [0.15, 0.2) is 36.4 Å². The number of amides is 2. The Labute approximate surface area is 200 Å². The van der Waals surface area contributed by atoms with Crippen LogP contribution < -0.4 is 10.2 Å². The highest BCUT2D eigenvalue weighted by atomic mass is 35.5. The number of hydrogen-bond donors (Lipinski definition) is 2. The topological polar surface area (TPSA) is 78.9 Å². The number of anilines is 1. The zero-order valence-electron chi connectivity index (χ0n) is 18.0. The molecule has 1 heterocycles. The van der Waals surface area contributed by atoms with Crippen molar-refractivity contribution in [3.05, 3.63) is 63.7 Å². The Hall–Kier alpha value is -3.15. The molecule has 0 spiro atoms. The third kappa shape index (κ3) is 6.30.